The Morgan fingerprint density at radius 2 is 1.71 bits per heavy atom. The molecule has 0 spiro atoms. The topological polar surface area (TPSA) is 12.0 Å². The van der Waals surface area contributed by atoms with Crippen LogP contribution in [-0.4, -0.2) is 12.1 Å². The smallest absolute Gasteiger partial charge is 0.0128 e. The fraction of sp³-hybridized carbons (Fsp3) is 0.400. The maximum Gasteiger partial charge on any atom is 0.0128 e. The molecular weight excluding hydrogens is 254 g/mol. The molecule has 0 bridgehead atoms. The van der Waals surface area contributed by atoms with Crippen molar-refractivity contribution in [2.75, 3.05) is 6.54 Å². The van der Waals surface area contributed by atoms with E-state index in [0.717, 1.165) is 13.0 Å². The van der Waals surface area contributed by atoms with Crippen LogP contribution in [0.5, 0.6) is 0 Å². The van der Waals surface area contributed by atoms with E-state index < -0.39 is 0 Å². The van der Waals surface area contributed by atoms with Gasteiger partial charge in [-0.05, 0) is 49.8 Å². The number of fused-ring (bicyclic) bond motifs is 1. The van der Waals surface area contributed by atoms with E-state index in [-0.39, 0.29) is 5.54 Å². The highest BCUT2D eigenvalue weighted by Gasteiger charge is 2.27. The Kier molecular flexibility index (Phi) is 4.12. The molecule has 0 radical (unpaired) electrons. The summed E-state index contributed by atoms with van der Waals surface area (Å²) < 4.78 is 0. The molecule has 1 unspecified atom stereocenters. The quantitative estimate of drug-likeness (QED) is 0.830. The second-order valence-electron chi connectivity index (χ2n) is 6.85. The van der Waals surface area contributed by atoms with Gasteiger partial charge in [-0.15, -0.1) is 0 Å². The van der Waals surface area contributed by atoms with Gasteiger partial charge in [0.05, 0.1) is 0 Å². The van der Waals surface area contributed by atoms with E-state index >= 15 is 0 Å². The Balaban J connectivity index is 1.48. The summed E-state index contributed by atoms with van der Waals surface area (Å²) in [5.74, 6) is 0.706. The molecule has 0 amide bonds. The molecule has 0 aromatic heterocycles. The van der Waals surface area contributed by atoms with Crippen LogP contribution in [-0.2, 0) is 12.8 Å². The lowest BCUT2D eigenvalue weighted by molar-refractivity contribution is 0.343. The summed E-state index contributed by atoms with van der Waals surface area (Å²) >= 11 is 0. The van der Waals surface area contributed by atoms with Gasteiger partial charge in [-0.25, -0.2) is 0 Å². The number of rotatable bonds is 6. The van der Waals surface area contributed by atoms with Crippen LogP contribution in [0, 0.1) is 0 Å². The minimum absolute atomic E-state index is 0.195. The second-order valence-corrected chi connectivity index (χ2v) is 6.85. The molecule has 21 heavy (non-hydrogen) atoms. The van der Waals surface area contributed by atoms with Crippen molar-refractivity contribution in [1.82, 2.24) is 5.32 Å². The highest BCUT2D eigenvalue weighted by molar-refractivity contribution is 5.40. The zero-order valence-corrected chi connectivity index (χ0v) is 13.1. The minimum Gasteiger partial charge on any atom is -0.311 e. The predicted molar refractivity (Wildman–Crippen MR) is 89.7 cm³/mol. The van der Waals surface area contributed by atoms with Gasteiger partial charge >= 0.3 is 0 Å². The first-order valence-corrected chi connectivity index (χ1v) is 8.01. The van der Waals surface area contributed by atoms with E-state index in [1.165, 1.54) is 24.0 Å². The van der Waals surface area contributed by atoms with Crippen LogP contribution in [0.3, 0.4) is 0 Å². The average molecular weight is 279 g/mol. The number of benzene rings is 2. The van der Waals surface area contributed by atoms with E-state index in [1.54, 1.807) is 5.56 Å². The van der Waals surface area contributed by atoms with Crippen molar-refractivity contribution < 1.29 is 0 Å². The van der Waals surface area contributed by atoms with Crippen molar-refractivity contribution in [3.63, 3.8) is 0 Å². The third-order valence-corrected chi connectivity index (χ3v) is 4.67. The maximum absolute atomic E-state index is 3.77. The van der Waals surface area contributed by atoms with Crippen LogP contribution in [0.25, 0.3) is 0 Å². The third-order valence-electron chi connectivity index (χ3n) is 4.67. The predicted octanol–water partition coefficient (Wildman–Crippen LogP) is 4.33. The molecule has 1 N–H and O–H groups in total. The monoisotopic (exact) mass is 279 g/mol. The Morgan fingerprint density at radius 3 is 2.48 bits per heavy atom. The van der Waals surface area contributed by atoms with Crippen LogP contribution >= 0.6 is 0 Å². The van der Waals surface area contributed by atoms with Crippen molar-refractivity contribution in [3.05, 3.63) is 71.3 Å². The summed E-state index contributed by atoms with van der Waals surface area (Å²) in [5.41, 5.74) is 4.71. The van der Waals surface area contributed by atoms with Gasteiger partial charge in [0.15, 0.2) is 0 Å². The summed E-state index contributed by atoms with van der Waals surface area (Å²) in [6, 6.07) is 19.6. The molecule has 0 fully saturated rings. The first-order chi connectivity index (χ1) is 10.1. The van der Waals surface area contributed by atoms with E-state index in [9.17, 15) is 0 Å². The molecule has 0 heterocycles. The molecule has 0 saturated heterocycles. The second kappa shape index (κ2) is 6.03. The van der Waals surface area contributed by atoms with Gasteiger partial charge < -0.3 is 5.32 Å². The summed E-state index contributed by atoms with van der Waals surface area (Å²) in [6.07, 6.45) is 3.55. The Morgan fingerprint density at radius 1 is 1.00 bits per heavy atom. The summed E-state index contributed by atoms with van der Waals surface area (Å²) in [4.78, 5) is 0. The van der Waals surface area contributed by atoms with Gasteiger partial charge in [-0.3, -0.25) is 0 Å². The van der Waals surface area contributed by atoms with Gasteiger partial charge in [-0.2, -0.15) is 0 Å². The van der Waals surface area contributed by atoms with E-state index in [1.807, 2.05) is 0 Å². The zero-order valence-electron chi connectivity index (χ0n) is 13.1. The van der Waals surface area contributed by atoms with Crippen molar-refractivity contribution in [3.8, 4) is 0 Å². The van der Waals surface area contributed by atoms with Crippen LogP contribution < -0.4 is 5.32 Å². The van der Waals surface area contributed by atoms with Crippen LogP contribution in [0.15, 0.2) is 54.6 Å². The summed E-state index contributed by atoms with van der Waals surface area (Å²) in [5, 5.41) is 3.77. The molecule has 0 saturated carbocycles. The fourth-order valence-electron chi connectivity index (χ4n) is 3.13. The molecule has 110 valence electrons. The first kappa shape index (κ1) is 14.3. The highest BCUT2D eigenvalue weighted by Crippen LogP contribution is 2.34. The van der Waals surface area contributed by atoms with E-state index in [0.29, 0.717) is 5.92 Å². The number of nitrogens with one attached hydrogen (secondary N) is 1. The molecule has 1 nitrogen and oxygen atoms in total. The molecule has 1 aliphatic rings. The standard InChI is InChI=1S/C20H25N/c1-20(2,13-12-16-8-4-3-5-9-16)21-15-18-14-17-10-6-7-11-19(17)18/h3-11,18,21H,12-15H2,1-2H3. The normalized spacial score (nSPS) is 17.1. The Labute approximate surface area is 128 Å². The highest BCUT2D eigenvalue weighted by atomic mass is 15.0. The lowest BCUT2D eigenvalue weighted by atomic mass is 9.77. The summed E-state index contributed by atoms with van der Waals surface area (Å²) in [6.45, 7) is 5.74. The number of hydrogen-bond donors (Lipinski definition) is 1. The molecular formula is C20H25N. The SMILES string of the molecule is CC(C)(CCc1ccccc1)NCC1Cc2ccccc21. The van der Waals surface area contributed by atoms with Crippen LogP contribution in [0.2, 0.25) is 0 Å². The molecule has 2 aromatic carbocycles. The number of aryl methyl sites for hydroxylation is 1. The average Bonchev–Trinajstić information content (AvgIpc) is 2.47. The molecule has 3 rings (SSSR count). The van der Waals surface area contributed by atoms with Gasteiger partial charge in [0.2, 0.25) is 0 Å². The van der Waals surface area contributed by atoms with Gasteiger partial charge in [-0.1, -0.05) is 54.6 Å². The molecule has 1 heteroatoms. The largest absolute Gasteiger partial charge is 0.311 e. The molecule has 1 aliphatic carbocycles. The Hall–Kier alpha value is -1.60. The van der Waals surface area contributed by atoms with Crippen LogP contribution in [0.1, 0.15) is 42.9 Å². The molecule has 1 atom stereocenters. The maximum atomic E-state index is 3.77. The lowest BCUT2D eigenvalue weighted by Crippen LogP contribution is -2.43. The van der Waals surface area contributed by atoms with Gasteiger partial charge in [0.1, 0.15) is 0 Å². The van der Waals surface area contributed by atoms with Gasteiger partial charge in [0.25, 0.3) is 0 Å². The fourth-order valence-corrected chi connectivity index (χ4v) is 3.13. The number of hydrogen-bond acceptors (Lipinski definition) is 1. The van der Waals surface area contributed by atoms with Crippen molar-refractivity contribution in [2.24, 2.45) is 0 Å². The molecule has 0 aliphatic heterocycles. The van der Waals surface area contributed by atoms with Crippen molar-refractivity contribution >= 4 is 0 Å². The van der Waals surface area contributed by atoms with E-state index in [4.69, 9.17) is 0 Å². The van der Waals surface area contributed by atoms with Gasteiger partial charge in [0, 0.05) is 18.0 Å². The van der Waals surface area contributed by atoms with Crippen LogP contribution in [0.4, 0.5) is 0 Å². The lowest BCUT2D eigenvalue weighted by Gasteiger charge is -2.34. The first-order valence-electron chi connectivity index (χ1n) is 8.01. The summed E-state index contributed by atoms with van der Waals surface area (Å²) in [7, 11) is 0. The minimum atomic E-state index is 0.195. The van der Waals surface area contributed by atoms with E-state index in [2.05, 4.69) is 73.8 Å². The van der Waals surface area contributed by atoms with Crippen molar-refractivity contribution in [2.45, 2.75) is 44.6 Å². The zero-order chi connectivity index (χ0) is 14.7. The van der Waals surface area contributed by atoms with Crippen molar-refractivity contribution in [1.29, 1.82) is 0 Å². The molecule has 2 aromatic rings. The Bertz CT molecular complexity index is 586. The third kappa shape index (κ3) is 3.54.